The zero-order valence-electron chi connectivity index (χ0n) is 8.54. The summed E-state index contributed by atoms with van der Waals surface area (Å²) in [5, 5.41) is 0. The Labute approximate surface area is 92.0 Å². The Bertz CT molecular complexity index is 509. The van der Waals surface area contributed by atoms with E-state index in [1.807, 2.05) is 0 Å². The average molecular weight is 248 g/mol. The Morgan fingerprint density at radius 3 is 2.50 bits per heavy atom. The lowest BCUT2D eigenvalue weighted by atomic mass is 10.1. The number of hydrogen-bond donors (Lipinski definition) is 0. The fourth-order valence-corrected chi connectivity index (χ4v) is 1.69. The van der Waals surface area contributed by atoms with Crippen molar-refractivity contribution in [3.8, 4) is 0 Å². The van der Waals surface area contributed by atoms with Gasteiger partial charge in [0, 0.05) is 12.7 Å². The number of Topliss-reactive ketones (excluding diaryl/α,β-unsaturated/α-hetero) is 1. The molecule has 0 amide bonds. The molecule has 6 heteroatoms. The molecule has 0 spiro atoms. The highest BCUT2D eigenvalue weighted by molar-refractivity contribution is 7.90. The summed E-state index contributed by atoms with van der Waals surface area (Å²) in [5.74, 6) is -3.45. The zero-order chi connectivity index (χ0) is 12.3. The van der Waals surface area contributed by atoms with Crippen LogP contribution in [0.1, 0.15) is 16.8 Å². The molecule has 0 unspecified atom stereocenters. The molecule has 0 aliphatic carbocycles. The number of ketones is 1. The molecule has 0 fully saturated rings. The van der Waals surface area contributed by atoms with Crippen LogP contribution < -0.4 is 0 Å². The van der Waals surface area contributed by atoms with E-state index in [1.54, 1.807) is 0 Å². The minimum absolute atomic E-state index is 0.348. The number of carbonyl (C=O) groups excluding carboxylic acids is 1. The molecule has 0 aromatic heterocycles. The van der Waals surface area contributed by atoms with Crippen LogP contribution in [0, 0.1) is 11.6 Å². The van der Waals surface area contributed by atoms with Gasteiger partial charge in [-0.2, -0.15) is 0 Å². The molecule has 0 heterocycles. The lowest BCUT2D eigenvalue weighted by Crippen LogP contribution is -2.11. The highest BCUT2D eigenvalue weighted by Crippen LogP contribution is 2.13. The maximum absolute atomic E-state index is 13.1. The molecule has 0 aliphatic rings. The number of rotatable bonds is 4. The standard InChI is InChI=1S/C10H10F2O3S/c1-16(14,15)6-5-9(13)7-3-2-4-8(11)10(7)12/h2-4H,5-6H2,1H3. The highest BCUT2D eigenvalue weighted by Gasteiger charge is 2.16. The van der Waals surface area contributed by atoms with Crippen molar-refractivity contribution in [2.45, 2.75) is 6.42 Å². The van der Waals surface area contributed by atoms with Gasteiger partial charge in [-0.1, -0.05) is 6.07 Å². The van der Waals surface area contributed by atoms with Crippen LogP contribution in [0.3, 0.4) is 0 Å². The topological polar surface area (TPSA) is 51.2 Å². The van der Waals surface area contributed by atoms with E-state index in [2.05, 4.69) is 0 Å². The van der Waals surface area contributed by atoms with Crippen molar-refractivity contribution in [3.05, 3.63) is 35.4 Å². The largest absolute Gasteiger partial charge is 0.294 e. The number of halogens is 2. The van der Waals surface area contributed by atoms with Crippen LogP contribution in [-0.4, -0.2) is 26.2 Å². The summed E-state index contributed by atoms with van der Waals surface area (Å²) in [6.45, 7) is 0. The van der Waals surface area contributed by atoms with Crippen LogP contribution in [0.5, 0.6) is 0 Å². The Balaban J connectivity index is 2.86. The first-order valence-electron chi connectivity index (χ1n) is 4.46. The molecule has 0 saturated heterocycles. The molecule has 0 saturated carbocycles. The quantitative estimate of drug-likeness (QED) is 0.760. The molecule has 0 atom stereocenters. The average Bonchev–Trinajstić information content (AvgIpc) is 2.17. The predicted molar refractivity (Wildman–Crippen MR) is 55.0 cm³/mol. The first-order chi connectivity index (χ1) is 7.31. The number of benzene rings is 1. The van der Waals surface area contributed by atoms with Crippen LogP contribution in [0.15, 0.2) is 18.2 Å². The number of sulfone groups is 1. The van der Waals surface area contributed by atoms with E-state index in [-0.39, 0.29) is 12.2 Å². The van der Waals surface area contributed by atoms with E-state index in [0.29, 0.717) is 0 Å². The molecule has 3 nitrogen and oxygen atoms in total. The van der Waals surface area contributed by atoms with Crippen molar-refractivity contribution in [2.75, 3.05) is 12.0 Å². The van der Waals surface area contributed by atoms with Crippen LogP contribution >= 0.6 is 0 Å². The van der Waals surface area contributed by atoms with Crippen molar-refractivity contribution in [3.63, 3.8) is 0 Å². The summed E-state index contributed by atoms with van der Waals surface area (Å²) in [6, 6.07) is 3.22. The van der Waals surface area contributed by atoms with E-state index in [4.69, 9.17) is 0 Å². The zero-order valence-corrected chi connectivity index (χ0v) is 9.35. The van der Waals surface area contributed by atoms with Crippen molar-refractivity contribution in [2.24, 2.45) is 0 Å². The van der Waals surface area contributed by atoms with Gasteiger partial charge in [0.25, 0.3) is 0 Å². The summed E-state index contributed by atoms with van der Waals surface area (Å²) in [4.78, 5) is 11.4. The van der Waals surface area contributed by atoms with Gasteiger partial charge in [0.2, 0.25) is 0 Å². The predicted octanol–water partition coefficient (Wildman–Crippen LogP) is 1.58. The molecular formula is C10H10F2O3S. The SMILES string of the molecule is CS(=O)(=O)CCC(=O)c1cccc(F)c1F. The van der Waals surface area contributed by atoms with Gasteiger partial charge in [-0.3, -0.25) is 4.79 Å². The third kappa shape index (κ3) is 3.37. The van der Waals surface area contributed by atoms with Gasteiger partial charge in [0.1, 0.15) is 9.84 Å². The van der Waals surface area contributed by atoms with Gasteiger partial charge in [-0.05, 0) is 12.1 Å². The van der Waals surface area contributed by atoms with Crippen LogP contribution in [0.4, 0.5) is 8.78 Å². The fraction of sp³-hybridized carbons (Fsp3) is 0.300. The smallest absolute Gasteiger partial charge is 0.169 e. The Morgan fingerprint density at radius 2 is 1.94 bits per heavy atom. The Kier molecular flexibility index (Phi) is 3.74. The molecule has 1 aromatic rings. The van der Waals surface area contributed by atoms with Gasteiger partial charge in [0.15, 0.2) is 17.4 Å². The molecule has 0 radical (unpaired) electrons. The minimum Gasteiger partial charge on any atom is -0.294 e. The first-order valence-corrected chi connectivity index (χ1v) is 6.52. The van der Waals surface area contributed by atoms with Crippen molar-refractivity contribution >= 4 is 15.6 Å². The molecule has 16 heavy (non-hydrogen) atoms. The summed E-state index contributed by atoms with van der Waals surface area (Å²) < 4.78 is 47.5. The molecule has 1 rings (SSSR count). The van der Waals surface area contributed by atoms with E-state index in [9.17, 15) is 22.0 Å². The summed E-state index contributed by atoms with van der Waals surface area (Å²) >= 11 is 0. The molecule has 0 aliphatic heterocycles. The van der Waals surface area contributed by atoms with Crippen LogP contribution in [0.2, 0.25) is 0 Å². The third-order valence-corrected chi connectivity index (χ3v) is 2.90. The van der Waals surface area contributed by atoms with Crippen molar-refractivity contribution in [1.29, 1.82) is 0 Å². The van der Waals surface area contributed by atoms with Gasteiger partial charge >= 0.3 is 0 Å². The number of carbonyl (C=O) groups is 1. The normalized spacial score (nSPS) is 11.4. The molecule has 1 aromatic carbocycles. The lowest BCUT2D eigenvalue weighted by Gasteiger charge is -2.02. The van der Waals surface area contributed by atoms with Crippen LogP contribution in [-0.2, 0) is 9.84 Å². The van der Waals surface area contributed by atoms with E-state index >= 15 is 0 Å². The fourth-order valence-electron chi connectivity index (χ4n) is 1.13. The monoisotopic (exact) mass is 248 g/mol. The third-order valence-electron chi connectivity index (χ3n) is 1.95. The summed E-state index contributed by atoms with van der Waals surface area (Å²) in [6.07, 6.45) is 0.626. The number of hydrogen-bond acceptors (Lipinski definition) is 3. The molecule has 0 bridgehead atoms. The van der Waals surface area contributed by atoms with Crippen LogP contribution in [0.25, 0.3) is 0 Å². The molecule has 88 valence electrons. The second-order valence-electron chi connectivity index (χ2n) is 3.40. The summed E-state index contributed by atoms with van der Waals surface area (Å²) in [5.41, 5.74) is -0.413. The second kappa shape index (κ2) is 4.69. The first kappa shape index (κ1) is 12.8. The Hall–Kier alpha value is -1.30. The van der Waals surface area contributed by atoms with Gasteiger partial charge in [-0.25, -0.2) is 17.2 Å². The maximum Gasteiger partial charge on any atom is 0.169 e. The van der Waals surface area contributed by atoms with Gasteiger partial charge in [-0.15, -0.1) is 0 Å². The molecule has 0 N–H and O–H groups in total. The Morgan fingerprint density at radius 1 is 1.31 bits per heavy atom. The highest BCUT2D eigenvalue weighted by atomic mass is 32.2. The minimum atomic E-state index is -3.29. The van der Waals surface area contributed by atoms with Crippen molar-refractivity contribution < 1.29 is 22.0 Å². The lowest BCUT2D eigenvalue weighted by molar-refractivity contribution is 0.0984. The van der Waals surface area contributed by atoms with E-state index in [1.165, 1.54) is 6.07 Å². The van der Waals surface area contributed by atoms with Gasteiger partial charge < -0.3 is 0 Å². The maximum atomic E-state index is 13.1. The van der Waals surface area contributed by atoms with E-state index in [0.717, 1.165) is 18.4 Å². The summed E-state index contributed by atoms with van der Waals surface area (Å²) in [7, 11) is -3.29. The molecular weight excluding hydrogens is 238 g/mol. The van der Waals surface area contributed by atoms with E-state index < -0.39 is 32.8 Å². The second-order valence-corrected chi connectivity index (χ2v) is 5.66. The van der Waals surface area contributed by atoms with Gasteiger partial charge in [0.05, 0.1) is 11.3 Å². The van der Waals surface area contributed by atoms with Crippen molar-refractivity contribution in [1.82, 2.24) is 0 Å².